The summed E-state index contributed by atoms with van der Waals surface area (Å²) in [4.78, 5) is 7.07. The van der Waals surface area contributed by atoms with Gasteiger partial charge in [-0.3, -0.25) is 4.90 Å². The Hall–Kier alpha value is -1.09. The van der Waals surface area contributed by atoms with Crippen molar-refractivity contribution in [2.75, 3.05) is 18.4 Å². The molecule has 1 fully saturated rings. The number of hydrogen-bond donors (Lipinski definition) is 1. The number of unbranched alkanes of at least 4 members (excludes halogenated alkanes) is 1. The van der Waals surface area contributed by atoms with E-state index in [0.717, 1.165) is 24.9 Å². The third-order valence-corrected chi connectivity index (χ3v) is 3.47. The molecule has 0 aromatic carbocycles. The summed E-state index contributed by atoms with van der Waals surface area (Å²) in [7, 11) is 0. The zero-order valence-electron chi connectivity index (χ0n) is 11.7. The number of nitrogens with zero attached hydrogens (tertiary/aromatic N) is 2. The molecular weight excluding hydrogens is 222 g/mol. The van der Waals surface area contributed by atoms with Gasteiger partial charge >= 0.3 is 0 Å². The van der Waals surface area contributed by atoms with Crippen LogP contribution >= 0.6 is 0 Å². The van der Waals surface area contributed by atoms with Crippen LogP contribution in [-0.4, -0.2) is 29.0 Å². The number of rotatable bonds is 8. The van der Waals surface area contributed by atoms with Gasteiger partial charge in [0.15, 0.2) is 0 Å². The summed E-state index contributed by atoms with van der Waals surface area (Å²) in [5.41, 5.74) is 1.34. The molecule has 1 aromatic rings. The highest BCUT2D eigenvalue weighted by Crippen LogP contribution is 2.29. The van der Waals surface area contributed by atoms with Gasteiger partial charge in [-0.05, 0) is 38.8 Å². The van der Waals surface area contributed by atoms with Crippen molar-refractivity contribution < 1.29 is 0 Å². The molecule has 0 amide bonds. The number of nitrogens with one attached hydrogen (secondary N) is 1. The van der Waals surface area contributed by atoms with Gasteiger partial charge < -0.3 is 5.32 Å². The van der Waals surface area contributed by atoms with Gasteiger partial charge in [0.2, 0.25) is 0 Å². The Kier molecular flexibility index (Phi) is 5.00. The maximum atomic E-state index is 4.44. The lowest BCUT2D eigenvalue weighted by Gasteiger charge is -2.23. The molecule has 0 atom stereocenters. The molecule has 3 nitrogen and oxygen atoms in total. The molecule has 1 N–H and O–H groups in total. The highest BCUT2D eigenvalue weighted by atomic mass is 15.2. The Labute approximate surface area is 111 Å². The summed E-state index contributed by atoms with van der Waals surface area (Å²) in [6.07, 6.45) is 7.19. The molecule has 1 aliphatic rings. The van der Waals surface area contributed by atoms with E-state index >= 15 is 0 Å². The summed E-state index contributed by atoms with van der Waals surface area (Å²) < 4.78 is 0. The van der Waals surface area contributed by atoms with Crippen molar-refractivity contribution in [3.8, 4) is 0 Å². The third-order valence-electron chi connectivity index (χ3n) is 3.47. The Bertz CT molecular complexity index is 361. The first-order valence-corrected chi connectivity index (χ1v) is 7.27. The molecule has 1 aromatic heterocycles. The maximum absolute atomic E-state index is 4.44. The molecule has 0 saturated heterocycles. The second-order valence-corrected chi connectivity index (χ2v) is 5.10. The highest BCUT2D eigenvalue weighted by molar-refractivity contribution is 5.43. The van der Waals surface area contributed by atoms with Gasteiger partial charge in [-0.15, -0.1) is 0 Å². The van der Waals surface area contributed by atoms with Gasteiger partial charge in [-0.25, -0.2) is 4.98 Å². The van der Waals surface area contributed by atoms with E-state index in [1.807, 2.05) is 12.3 Å². The first kappa shape index (κ1) is 13.3. The van der Waals surface area contributed by atoms with Crippen LogP contribution in [0.1, 0.15) is 45.1 Å². The predicted molar refractivity (Wildman–Crippen MR) is 76.7 cm³/mol. The van der Waals surface area contributed by atoms with Crippen LogP contribution < -0.4 is 5.32 Å². The van der Waals surface area contributed by atoms with E-state index in [2.05, 4.69) is 35.1 Å². The van der Waals surface area contributed by atoms with Crippen molar-refractivity contribution in [3.63, 3.8) is 0 Å². The van der Waals surface area contributed by atoms with Crippen LogP contribution in [0.5, 0.6) is 0 Å². The Morgan fingerprint density at radius 3 is 2.89 bits per heavy atom. The molecule has 1 heterocycles. The monoisotopic (exact) mass is 247 g/mol. The van der Waals surface area contributed by atoms with Crippen molar-refractivity contribution in [2.45, 2.75) is 52.1 Å². The van der Waals surface area contributed by atoms with Gasteiger partial charge in [0, 0.05) is 30.9 Å². The van der Waals surface area contributed by atoms with Crippen molar-refractivity contribution >= 4 is 5.82 Å². The van der Waals surface area contributed by atoms with Crippen LogP contribution in [0, 0.1) is 0 Å². The average molecular weight is 247 g/mol. The summed E-state index contributed by atoms with van der Waals surface area (Å²) in [6, 6.07) is 5.07. The summed E-state index contributed by atoms with van der Waals surface area (Å²) in [5, 5.41) is 3.36. The number of anilines is 1. The average Bonchev–Trinajstić information content (AvgIpc) is 3.21. The minimum Gasteiger partial charge on any atom is -0.370 e. The van der Waals surface area contributed by atoms with Gasteiger partial charge in [0.25, 0.3) is 0 Å². The Balaban J connectivity index is 2.00. The minimum atomic E-state index is 0.825. The van der Waals surface area contributed by atoms with E-state index in [-0.39, 0.29) is 0 Å². The van der Waals surface area contributed by atoms with Crippen LogP contribution in [0.4, 0.5) is 5.82 Å². The van der Waals surface area contributed by atoms with Crippen molar-refractivity contribution in [2.24, 2.45) is 0 Å². The fourth-order valence-corrected chi connectivity index (χ4v) is 2.30. The minimum absolute atomic E-state index is 0.825. The lowest BCUT2D eigenvalue weighted by molar-refractivity contribution is 0.251. The van der Waals surface area contributed by atoms with E-state index < -0.39 is 0 Å². The topological polar surface area (TPSA) is 28.2 Å². The smallest absolute Gasteiger partial charge is 0.130 e. The highest BCUT2D eigenvalue weighted by Gasteiger charge is 2.28. The summed E-state index contributed by atoms with van der Waals surface area (Å²) >= 11 is 0. The van der Waals surface area contributed by atoms with E-state index in [4.69, 9.17) is 0 Å². The normalized spacial score (nSPS) is 15.1. The first-order chi connectivity index (χ1) is 8.85. The van der Waals surface area contributed by atoms with Crippen molar-refractivity contribution in [3.05, 3.63) is 23.9 Å². The van der Waals surface area contributed by atoms with Gasteiger partial charge in [0.05, 0.1) is 0 Å². The molecule has 1 saturated carbocycles. The van der Waals surface area contributed by atoms with Gasteiger partial charge in [0.1, 0.15) is 5.82 Å². The predicted octanol–water partition coefficient (Wildman–Crippen LogP) is 3.28. The van der Waals surface area contributed by atoms with Gasteiger partial charge in [-0.1, -0.05) is 19.4 Å². The second-order valence-electron chi connectivity index (χ2n) is 5.10. The number of aromatic nitrogens is 1. The molecule has 0 aliphatic heterocycles. The quantitative estimate of drug-likeness (QED) is 0.764. The van der Waals surface area contributed by atoms with Crippen molar-refractivity contribution in [1.82, 2.24) is 9.88 Å². The van der Waals surface area contributed by atoms with E-state index in [1.165, 1.54) is 37.8 Å². The molecule has 0 radical (unpaired) electrons. The molecule has 0 spiro atoms. The number of pyridine rings is 1. The SMILES string of the molecule is CCCCN(Cc1cccnc1NCC)C1CC1. The van der Waals surface area contributed by atoms with Gasteiger partial charge in [-0.2, -0.15) is 0 Å². The lowest BCUT2D eigenvalue weighted by Crippen LogP contribution is -2.27. The molecule has 18 heavy (non-hydrogen) atoms. The molecule has 2 rings (SSSR count). The molecule has 0 bridgehead atoms. The zero-order chi connectivity index (χ0) is 12.8. The van der Waals surface area contributed by atoms with Crippen LogP contribution in [0.3, 0.4) is 0 Å². The van der Waals surface area contributed by atoms with E-state index in [0.29, 0.717) is 0 Å². The lowest BCUT2D eigenvalue weighted by atomic mass is 10.2. The van der Waals surface area contributed by atoms with Crippen molar-refractivity contribution in [1.29, 1.82) is 0 Å². The molecule has 0 unspecified atom stereocenters. The largest absolute Gasteiger partial charge is 0.370 e. The number of hydrogen-bond acceptors (Lipinski definition) is 3. The summed E-state index contributed by atoms with van der Waals surface area (Å²) in [6.45, 7) is 7.58. The fraction of sp³-hybridized carbons (Fsp3) is 0.667. The van der Waals surface area contributed by atoms with Crippen LogP contribution in [-0.2, 0) is 6.54 Å². The fourth-order valence-electron chi connectivity index (χ4n) is 2.30. The van der Waals surface area contributed by atoms with Crippen LogP contribution in [0.15, 0.2) is 18.3 Å². The maximum Gasteiger partial charge on any atom is 0.130 e. The standard InChI is InChI=1S/C15H25N3/c1-3-5-11-18(14-8-9-14)12-13-7-6-10-17-15(13)16-4-2/h6-7,10,14H,3-5,8-9,11-12H2,1-2H3,(H,16,17). The molecule has 3 heteroatoms. The van der Waals surface area contributed by atoms with E-state index in [9.17, 15) is 0 Å². The Morgan fingerprint density at radius 2 is 2.22 bits per heavy atom. The molecule has 100 valence electrons. The van der Waals surface area contributed by atoms with E-state index in [1.54, 1.807) is 0 Å². The van der Waals surface area contributed by atoms with Crippen LogP contribution in [0.2, 0.25) is 0 Å². The molecule has 1 aliphatic carbocycles. The molecular formula is C15H25N3. The second kappa shape index (κ2) is 6.74. The third kappa shape index (κ3) is 3.70. The van der Waals surface area contributed by atoms with Crippen LogP contribution in [0.25, 0.3) is 0 Å². The first-order valence-electron chi connectivity index (χ1n) is 7.27. The summed E-state index contributed by atoms with van der Waals surface area (Å²) in [5.74, 6) is 1.06. The zero-order valence-corrected chi connectivity index (χ0v) is 11.7. The Morgan fingerprint density at radius 1 is 1.39 bits per heavy atom.